The summed E-state index contributed by atoms with van der Waals surface area (Å²) in [5.41, 5.74) is 6.95. The predicted octanol–water partition coefficient (Wildman–Crippen LogP) is 2.97. The molecule has 0 saturated carbocycles. The van der Waals surface area contributed by atoms with Gasteiger partial charge in [0.25, 0.3) is 0 Å². The van der Waals surface area contributed by atoms with Gasteiger partial charge in [0.1, 0.15) is 0 Å². The Morgan fingerprint density at radius 1 is 1.40 bits per heavy atom. The van der Waals surface area contributed by atoms with Crippen molar-refractivity contribution < 1.29 is 9.47 Å². The molecule has 3 unspecified atom stereocenters. The van der Waals surface area contributed by atoms with Crippen LogP contribution >= 0.6 is 23.2 Å². The normalized spacial score (nSPS) is 31.6. The van der Waals surface area contributed by atoms with Crippen LogP contribution in [0.1, 0.15) is 31.0 Å². The molecule has 0 bridgehead atoms. The molecule has 4 nitrogen and oxygen atoms in total. The number of hydrogen-bond acceptors (Lipinski definition) is 4. The highest BCUT2D eigenvalue weighted by Crippen LogP contribution is 2.41. The number of ether oxygens (including phenoxy) is 2. The van der Waals surface area contributed by atoms with Gasteiger partial charge in [-0.25, -0.2) is 0 Å². The molecule has 0 aromatic carbocycles. The van der Waals surface area contributed by atoms with Crippen LogP contribution in [0.4, 0.5) is 0 Å². The Balaban J connectivity index is 1.77. The van der Waals surface area contributed by atoms with E-state index >= 15 is 0 Å². The van der Waals surface area contributed by atoms with Gasteiger partial charge in [-0.1, -0.05) is 23.2 Å². The van der Waals surface area contributed by atoms with Gasteiger partial charge in [0.2, 0.25) is 0 Å². The summed E-state index contributed by atoms with van der Waals surface area (Å²) < 4.78 is 11.4. The molecular formula is C14H18Cl2N2O2. The molecule has 0 radical (unpaired) electrons. The van der Waals surface area contributed by atoms with Crippen LogP contribution < -0.4 is 5.73 Å². The van der Waals surface area contributed by atoms with Crippen molar-refractivity contribution in [2.75, 3.05) is 19.8 Å². The number of halogens is 2. The number of nitrogens with zero attached hydrogens (tertiary/aromatic N) is 1. The van der Waals surface area contributed by atoms with Gasteiger partial charge in [0.15, 0.2) is 0 Å². The van der Waals surface area contributed by atoms with Gasteiger partial charge in [-0.15, -0.1) is 0 Å². The molecule has 2 fully saturated rings. The number of pyridine rings is 1. The molecule has 0 aliphatic carbocycles. The van der Waals surface area contributed by atoms with E-state index in [-0.39, 0.29) is 11.6 Å². The molecule has 2 saturated heterocycles. The van der Waals surface area contributed by atoms with E-state index in [1.807, 2.05) is 0 Å². The molecule has 20 heavy (non-hydrogen) atoms. The van der Waals surface area contributed by atoms with Crippen LogP contribution in [0.5, 0.6) is 0 Å². The summed E-state index contributed by atoms with van der Waals surface area (Å²) in [6.07, 6.45) is 4.35. The number of hydrogen-bond donors (Lipinski definition) is 1. The molecule has 6 heteroatoms. The highest BCUT2D eigenvalue weighted by molar-refractivity contribution is 6.34. The minimum Gasteiger partial charge on any atom is -0.378 e. The standard InChI is InChI=1S/C14H18Cl2N2O2/c15-10-5-11(16)13(18-7-10)12(17)9-1-3-20-14(6-9)2-4-19-8-14/h5,7,9,12H,1-4,6,8,17H2. The molecular weight excluding hydrogens is 299 g/mol. The maximum Gasteiger partial charge on any atom is 0.0940 e. The van der Waals surface area contributed by atoms with Gasteiger partial charge in [-0.3, -0.25) is 4.98 Å². The first-order valence-electron chi connectivity index (χ1n) is 6.88. The van der Waals surface area contributed by atoms with E-state index in [0.717, 1.165) is 31.6 Å². The fourth-order valence-electron chi connectivity index (χ4n) is 3.13. The highest BCUT2D eigenvalue weighted by Gasteiger charge is 2.43. The quantitative estimate of drug-likeness (QED) is 0.911. The maximum absolute atomic E-state index is 6.39. The van der Waals surface area contributed by atoms with Gasteiger partial charge in [0, 0.05) is 25.8 Å². The predicted molar refractivity (Wildman–Crippen MR) is 78.0 cm³/mol. The van der Waals surface area contributed by atoms with Gasteiger partial charge < -0.3 is 15.2 Å². The minimum absolute atomic E-state index is 0.153. The van der Waals surface area contributed by atoms with Gasteiger partial charge in [-0.05, 0) is 24.8 Å². The fraction of sp³-hybridized carbons (Fsp3) is 0.643. The molecule has 1 aromatic heterocycles. The Kier molecular flexibility index (Phi) is 4.20. The topological polar surface area (TPSA) is 57.4 Å². The van der Waals surface area contributed by atoms with E-state index in [2.05, 4.69) is 4.98 Å². The molecule has 110 valence electrons. The molecule has 2 aliphatic heterocycles. The molecule has 2 aliphatic rings. The zero-order valence-corrected chi connectivity index (χ0v) is 12.7. The first kappa shape index (κ1) is 14.5. The van der Waals surface area contributed by atoms with E-state index in [4.69, 9.17) is 38.4 Å². The molecule has 1 aromatic rings. The second-order valence-electron chi connectivity index (χ2n) is 5.63. The molecule has 3 heterocycles. The van der Waals surface area contributed by atoms with Crippen molar-refractivity contribution in [3.8, 4) is 0 Å². The van der Waals surface area contributed by atoms with E-state index in [1.165, 1.54) is 0 Å². The molecule has 0 amide bonds. The lowest BCUT2D eigenvalue weighted by Gasteiger charge is -2.39. The maximum atomic E-state index is 6.39. The molecule has 3 atom stereocenters. The SMILES string of the molecule is NC(c1ncc(Cl)cc1Cl)C1CCOC2(CCOC2)C1. The van der Waals surface area contributed by atoms with E-state index in [0.29, 0.717) is 29.2 Å². The average molecular weight is 317 g/mol. The van der Waals surface area contributed by atoms with Crippen molar-refractivity contribution in [3.63, 3.8) is 0 Å². The van der Waals surface area contributed by atoms with Crippen LogP contribution in [0.15, 0.2) is 12.3 Å². The van der Waals surface area contributed by atoms with Crippen LogP contribution in [-0.4, -0.2) is 30.4 Å². The first-order chi connectivity index (χ1) is 9.60. The molecule has 3 rings (SSSR count). The Morgan fingerprint density at radius 3 is 2.95 bits per heavy atom. The fourth-order valence-corrected chi connectivity index (χ4v) is 3.64. The van der Waals surface area contributed by atoms with Crippen LogP contribution in [-0.2, 0) is 9.47 Å². The summed E-state index contributed by atoms with van der Waals surface area (Å²) in [6.45, 7) is 2.15. The summed E-state index contributed by atoms with van der Waals surface area (Å²) in [5, 5.41) is 1.06. The lowest BCUT2D eigenvalue weighted by Crippen LogP contribution is -2.43. The number of aromatic nitrogens is 1. The van der Waals surface area contributed by atoms with Crippen molar-refractivity contribution in [2.45, 2.75) is 30.9 Å². The molecule has 1 spiro atoms. The van der Waals surface area contributed by atoms with E-state index < -0.39 is 0 Å². The summed E-state index contributed by atoms with van der Waals surface area (Å²) in [6, 6.07) is 1.50. The van der Waals surface area contributed by atoms with E-state index in [9.17, 15) is 0 Å². The monoisotopic (exact) mass is 316 g/mol. The summed E-state index contributed by atoms with van der Waals surface area (Å²) >= 11 is 12.1. The zero-order valence-electron chi connectivity index (χ0n) is 11.1. The first-order valence-corrected chi connectivity index (χ1v) is 7.63. The number of nitrogens with two attached hydrogens (primary N) is 1. The van der Waals surface area contributed by atoms with Crippen LogP contribution in [0.25, 0.3) is 0 Å². The van der Waals surface area contributed by atoms with E-state index in [1.54, 1.807) is 12.3 Å². The van der Waals surface area contributed by atoms with Crippen LogP contribution in [0, 0.1) is 5.92 Å². The second kappa shape index (κ2) is 5.78. The highest BCUT2D eigenvalue weighted by atomic mass is 35.5. The summed E-state index contributed by atoms with van der Waals surface area (Å²) in [4.78, 5) is 4.31. The Morgan fingerprint density at radius 2 is 2.25 bits per heavy atom. The van der Waals surface area contributed by atoms with Gasteiger partial charge in [-0.2, -0.15) is 0 Å². The average Bonchev–Trinajstić information content (AvgIpc) is 2.86. The second-order valence-corrected chi connectivity index (χ2v) is 6.48. The third kappa shape index (κ3) is 2.81. The van der Waals surface area contributed by atoms with Gasteiger partial charge >= 0.3 is 0 Å². The summed E-state index contributed by atoms with van der Waals surface area (Å²) in [5.74, 6) is 0.302. The van der Waals surface area contributed by atoms with Crippen LogP contribution in [0.2, 0.25) is 10.0 Å². The van der Waals surface area contributed by atoms with Crippen LogP contribution in [0.3, 0.4) is 0 Å². The van der Waals surface area contributed by atoms with Crippen molar-refractivity contribution in [3.05, 3.63) is 28.0 Å². The zero-order chi connectivity index (χ0) is 14.2. The smallest absolute Gasteiger partial charge is 0.0940 e. The van der Waals surface area contributed by atoms with Crippen molar-refractivity contribution >= 4 is 23.2 Å². The largest absolute Gasteiger partial charge is 0.378 e. The Labute approximate surface area is 128 Å². The number of rotatable bonds is 2. The third-order valence-electron chi connectivity index (χ3n) is 4.26. The molecule has 2 N–H and O–H groups in total. The van der Waals surface area contributed by atoms with Crippen molar-refractivity contribution in [2.24, 2.45) is 11.7 Å². The van der Waals surface area contributed by atoms with Gasteiger partial charge in [0.05, 0.1) is 34.0 Å². The minimum atomic E-state index is -0.193. The Bertz CT molecular complexity index is 492. The lowest BCUT2D eigenvalue weighted by atomic mass is 9.80. The third-order valence-corrected chi connectivity index (χ3v) is 4.77. The van der Waals surface area contributed by atoms with Crippen molar-refractivity contribution in [1.29, 1.82) is 0 Å². The van der Waals surface area contributed by atoms with Crippen molar-refractivity contribution in [1.82, 2.24) is 4.98 Å². The Hall–Kier alpha value is -0.390. The summed E-state index contributed by atoms with van der Waals surface area (Å²) in [7, 11) is 0. The lowest BCUT2D eigenvalue weighted by molar-refractivity contribution is -0.101.